The molecule has 2 aromatic carbocycles. The third kappa shape index (κ3) is 2.81. The van der Waals surface area contributed by atoms with Gasteiger partial charge < -0.3 is 14.2 Å². The molecule has 1 heterocycles. The van der Waals surface area contributed by atoms with Crippen LogP contribution in [-0.2, 0) is 6.42 Å². The minimum absolute atomic E-state index is 0.677. The summed E-state index contributed by atoms with van der Waals surface area (Å²) in [4.78, 5) is 1.14. The van der Waals surface area contributed by atoms with Crippen molar-refractivity contribution in [3.63, 3.8) is 0 Å². The molecule has 5 heteroatoms. The molecule has 0 unspecified atom stereocenters. The van der Waals surface area contributed by atoms with Crippen molar-refractivity contribution in [3.05, 3.63) is 47.0 Å². The number of fused-ring (bicyclic) bond motifs is 1. The molecule has 0 saturated carbocycles. The van der Waals surface area contributed by atoms with Gasteiger partial charge in [0.1, 0.15) is 11.5 Å². The van der Waals surface area contributed by atoms with Gasteiger partial charge in [0, 0.05) is 16.3 Å². The predicted molar refractivity (Wildman–Crippen MR) is 83.1 cm³/mol. The van der Waals surface area contributed by atoms with Gasteiger partial charge in [-0.05, 0) is 53.9 Å². The van der Waals surface area contributed by atoms with E-state index in [1.807, 2.05) is 30.3 Å². The predicted octanol–water partition coefficient (Wildman–Crippen LogP) is 4.40. The lowest BCUT2D eigenvalue weighted by Gasteiger charge is -2.11. The fourth-order valence-electron chi connectivity index (χ4n) is 2.10. The van der Waals surface area contributed by atoms with Crippen LogP contribution in [0.2, 0.25) is 5.02 Å². The molecule has 0 aliphatic carbocycles. The molecule has 3 rings (SSSR count). The lowest BCUT2D eigenvalue weighted by atomic mass is 10.2. The van der Waals surface area contributed by atoms with Crippen LogP contribution in [-0.4, -0.2) is 13.7 Å². The first-order chi connectivity index (χ1) is 9.76. The van der Waals surface area contributed by atoms with E-state index >= 15 is 0 Å². The van der Waals surface area contributed by atoms with Crippen molar-refractivity contribution >= 4 is 29.2 Å². The van der Waals surface area contributed by atoms with Gasteiger partial charge in [-0.15, -0.1) is 0 Å². The summed E-state index contributed by atoms with van der Waals surface area (Å²) in [6.07, 6.45) is 0.976. The Morgan fingerprint density at radius 3 is 3.00 bits per heavy atom. The number of hydrogen-bond donors (Lipinski definition) is 1. The standard InChI is InChI=1S/C15H14ClNO2S/c1-18-15-4-2-11(16)9-13(15)17-20-12-3-5-14-10(8-12)6-7-19-14/h2-5,8-9,17H,6-7H2,1H3. The van der Waals surface area contributed by atoms with Gasteiger partial charge in [-0.25, -0.2) is 0 Å². The lowest BCUT2D eigenvalue weighted by Crippen LogP contribution is -1.92. The molecule has 1 aliphatic heterocycles. The van der Waals surface area contributed by atoms with E-state index in [1.54, 1.807) is 7.11 Å². The van der Waals surface area contributed by atoms with Crippen LogP contribution in [0.5, 0.6) is 11.5 Å². The minimum Gasteiger partial charge on any atom is -0.495 e. The summed E-state index contributed by atoms with van der Waals surface area (Å²) in [7, 11) is 1.64. The van der Waals surface area contributed by atoms with Crippen molar-refractivity contribution in [2.75, 3.05) is 18.4 Å². The quantitative estimate of drug-likeness (QED) is 0.848. The van der Waals surface area contributed by atoms with Crippen molar-refractivity contribution in [1.29, 1.82) is 0 Å². The zero-order valence-corrected chi connectivity index (χ0v) is 12.6. The smallest absolute Gasteiger partial charge is 0.142 e. The maximum Gasteiger partial charge on any atom is 0.142 e. The normalized spacial score (nSPS) is 12.7. The average molecular weight is 308 g/mol. The largest absolute Gasteiger partial charge is 0.495 e. The fraction of sp³-hybridized carbons (Fsp3) is 0.200. The molecule has 0 radical (unpaired) electrons. The molecule has 0 aromatic heterocycles. The van der Waals surface area contributed by atoms with E-state index < -0.39 is 0 Å². The van der Waals surface area contributed by atoms with Crippen LogP contribution in [0.1, 0.15) is 5.56 Å². The van der Waals surface area contributed by atoms with Gasteiger partial charge in [-0.2, -0.15) is 0 Å². The molecule has 0 fully saturated rings. The fourth-order valence-corrected chi connectivity index (χ4v) is 3.00. The zero-order chi connectivity index (χ0) is 13.9. The highest BCUT2D eigenvalue weighted by Crippen LogP contribution is 2.34. The Labute approximate surface area is 127 Å². The van der Waals surface area contributed by atoms with Gasteiger partial charge in [0.15, 0.2) is 0 Å². The van der Waals surface area contributed by atoms with Gasteiger partial charge in [-0.3, -0.25) is 0 Å². The molecule has 0 atom stereocenters. The van der Waals surface area contributed by atoms with Crippen molar-refractivity contribution in [2.24, 2.45) is 0 Å². The highest BCUT2D eigenvalue weighted by atomic mass is 35.5. The first-order valence-corrected chi connectivity index (χ1v) is 7.48. The van der Waals surface area contributed by atoms with Crippen LogP contribution in [0.3, 0.4) is 0 Å². The molecule has 1 N–H and O–H groups in total. The average Bonchev–Trinajstić information content (AvgIpc) is 2.92. The first kappa shape index (κ1) is 13.5. The second kappa shape index (κ2) is 5.85. The van der Waals surface area contributed by atoms with Gasteiger partial charge >= 0.3 is 0 Å². The number of halogens is 1. The summed E-state index contributed by atoms with van der Waals surface area (Å²) in [5.74, 6) is 1.76. The second-order valence-corrected chi connectivity index (χ2v) is 5.73. The van der Waals surface area contributed by atoms with E-state index in [9.17, 15) is 0 Å². The Morgan fingerprint density at radius 2 is 2.15 bits per heavy atom. The van der Waals surface area contributed by atoms with Crippen molar-refractivity contribution in [1.82, 2.24) is 0 Å². The summed E-state index contributed by atoms with van der Waals surface area (Å²) in [5.41, 5.74) is 2.12. The Balaban J connectivity index is 1.75. The van der Waals surface area contributed by atoms with E-state index in [4.69, 9.17) is 21.1 Å². The molecule has 2 aromatic rings. The third-order valence-electron chi connectivity index (χ3n) is 3.10. The zero-order valence-electron chi connectivity index (χ0n) is 11.0. The van der Waals surface area contributed by atoms with Crippen molar-refractivity contribution in [3.8, 4) is 11.5 Å². The Morgan fingerprint density at radius 1 is 1.25 bits per heavy atom. The summed E-state index contributed by atoms with van der Waals surface area (Å²) in [6, 6.07) is 11.7. The molecule has 20 heavy (non-hydrogen) atoms. The molecule has 1 aliphatic rings. The number of anilines is 1. The third-order valence-corrected chi connectivity index (χ3v) is 4.15. The molecular weight excluding hydrogens is 294 g/mol. The van der Waals surface area contributed by atoms with Gasteiger partial charge in [0.25, 0.3) is 0 Å². The van der Waals surface area contributed by atoms with Crippen molar-refractivity contribution in [2.45, 2.75) is 11.3 Å². The number of hydrogen-bond acceptors (Lipinski definition) is 4. The number of ether oxygens (including phenoxy) is 2. The SMILES string of the molecule is COc1ccc(Cl)cc1NSc1ccc2c(c1)CCO2. The van der Waals surface area contributed by atoms with E-state index in [-0.39, 0.29) is 0 Å². The highest BCUT2D eigenvalue weighted by molar-refractivity contribution is 8.00. The topological polar surface area (TPSA) is 30.5 Å². The van der Waals surface area contributed by atoms with Crippen LogP contribution in [0.25, 0.3) is 0 Å². The summed E-state index contributed by atoms with van der Waals surface area (Å²) in [6.45, 7) is 0.777. The Kier molecular flexibility index (Phi) is 3.94. The van der Waals surface area contributed by atoms with E-state index in [0.29, 0.717) is 5.02 Å². The highest BCUT2D eigenvalue weighted by Gasteiger charge is 2.12. The first-order valence-electron chi connectivity index (χ1n) is 6.28. The number of benzene rings is 2. The number of nitrogens with one attached hydrogen (secondary N) is 1. The number of methoxy groups -OCH3 is 1. The van der Waals surface area contributed by atoms with Gasteiger partial charge in [0.2, 0.25) is 0 Å². The molecule has 3 nitrogen and oxygen atoms in total. The van der Waals surface area contributed by atoms with Crippen LogP contribution < -0.4 is 14.2 Å². The van der Waals surface area contributed by atoms with E-state index in [0.717, 1.165) is 35.1 Å². The maximum absolute atomic E-state index is 6.01. The molecule has 0 saturated heterocycles. The van der Waals surface area contributed by atoms with Gasteiger partial charge in [-0.1, -0.05) is 11.6 Å². The molecule has 0 spiro atoms. The molecule has 0 bridgehead atoms. The van der Waals surface area contributed by atoms with Crippen molar-refractivity contribution < 1.29 is 9.47 Å². The van der Waals surface area contributed by atoms with Crippen LogP contribution in [0.15, 0.2) is 41.3 Å². The Hall–Kier alpha value is -1.52. The summed E-state index contributed by atoms with van der Waals surface area (Å²) in [5, 5.41) is 0.677. The van der Waals surface area contributed by atoms with Gasteiger partial charge in [0.05, 0.1) is 19.4 Å². The summed E-state index contributed by atoms with van der Waals surface area (Å²) < 4.78 is 14.1. The monoisotopic (exact) mass is 307 g/mol. The van der Waals surface area contributed by atoms with E-state index in [2.05, 4.69) is 10.8 Å². The molecule has 104 valence electrons. The maximum atomic E-state index is 6.01. The lowest BCUT2D eigenvalue weighted by molar-refractivity contribution is 0.357. The van der Waals surface area contributed by atoms with Crippen LogP contribution in [0, 0.1) is 0 Å². The number of rotatable bonds is 4. The second-order valence-electron chi connectivity index (χ2n) is 4.42. The van der Waals surface area contributed by atoms with E-state index in [1.165, 1.54) is 17.5 Å². The van der Waals surface area contributed by atoms with Crippen LogP contribution in [0.4, 0.5) is 5.69 Å². The Bertz CT molecular complexity index is 633. The summed E-state index contributed by atoms with van der Waals surface area (Å²) >= 11 is 7.54. The molecular formula is C15H14ClNO2S. The minimum atomic E-state index is 0.677. The van der Waals surface area contributed by atoms with Crippen LogP contribution >= 0.6 is 23.5 Å². The molecule has 0 amide bonds.